The summed E-state index contributed by atoms with van der Waals surface area (Å²) < 4.78 is 30.5. The average Bonchev–Trinajstić information content (AvgIpc) is 2.66. The van der Waals surface area contributed by atoms with Gasteiger partial charge in [-0.2, -0.15) is 0 Å². The molecule has 1 unspecified atom stereocenters. The molecule has 0 heterocycles. The molecule has 3 rings (SSSR count). The fourth-order valence-electron chi connectivity index (χ4n) is 3.57. The van der Waals surface area contributed by atoms with Gasteiger partial charge in [-0.05, 0) is 28.8 Å². The Balaban J connectivity index is 2.16. The monoisotopic (exact) mass is 383 g/mol. The van der Waals surface area contributed by atoms with Crippen LogP contribution >= 0.6 is 0 Å². The Labute approximate surface area is 157 Å². The Morgan fingerprint density at radius 2 is 1.96 bits per heavy atom. The van der Waals surface area contributed by atoms with Gasteiger partial charge in [-0.3, -0.25) is 0 Å². The van der Waals surface area contributed by atoms with Gasteiger partial charge in [-0.25, -0.2) is 8.42 Å². The highest BCUT2D eigenvalue weighted by Crippen LogP contribution is 2.41. The summed E-state index contributed by atoms with van der Waals surface area (Å²) in [5.41, 5.74) is 1.14. The minimum atomic E-state index is -3.62. The van der Waals surface area contributed by atoms with Gasteiger partial charge >= 0.3 is 0 Å². The molecule has 2 aromatic carbocycles. The summed E-state index contributed by atoms with van der Waals surface area (Å²) in [4.78, 5) is 0. The van der Waals surface area contributed by atoms with E-state index in [1.165, 1.54) is 6.08 Å². The molecule has 2 aromatic rings. The second-order valence-corrected chi connectivity index (χ2v) is 10.9. The molecule has 0 saturated heterocycles. The lowest BCUT2D eigenvalue weighted by atomic mass is 9.87. The summed E-state index contributed by atoms with van der Waals surface area (Å²) >= 11 is 0. The van der Waals surface area contributed by atoms with Crippen LogP contribution in [0, 0.1) is 0 Å². The first-order valence-electron chi connectivity index (χ1n) is 8.74. The SMILES string of the molecule is C=CCS(=O)(=O)O[Si](CC)C1(c2cccc3ccccc23)C=CC=CC1. The minimum absolute atomic E-state index is 0.160. The summed E-state index contributed by atoms with van der Waals surface area (Å²) in [6.07, 6.45) is 10.4. The van der Waals surface area contributed by atoms with Gasteiger partial charge in [0, 0.05) is 5.04 Å². The van der Waals surface area contributed by atoms with Crippen LogP contribution < -0.4 is 0 Å². The summed E-state index contributed by atoms with van der Waals surface area (Å²) in [5.74, 6) is -0.160. The first-order valence-corrected chi connectivity index (χ1v) is 11.9. The van der Waals surface area contributed by atoms with Gasteiger partial charge in [-0.1, -0.05) is 79.8 Å². The zero-order valence-electron chi connectivity index (χ0n) is 14.9. The molecule has 135 valence electrons. The highest BCUT2D eigenvalue weighted by Gasteiger charge is 2.43. The van der Waals surface area contributed by atoms with E-state index in [1.807, 2.05) is 37.3 Å². The number of hydrogen-bond acceptors (Lipinski definition) is 3. The van der Waals surface area contributed by atoms with Gasteiger partial charge in [-0.15, -0.1) is 6.58 Å². The molecule has 1 radical (unpaired) electrons. The molecule has 0 fully saturated rings. The van der Waals surface area contributed by atoms with Crippen molar-refractivity contribution in [1.82, 2.24) is 0 Å². The van der Waals surface area contributed by atoms with Crippen molar-refractivity contribution in [3.05, 3.63) is 85.0 Å². The Kier molecular flexibility index (Phi) is 5.60. The largest absolute Gasteiger partial charge is 0.314 e. The van der Waals surface area contributed by atoms with Crippen LogP contribution in [0.2, 0.25) is 6.04 Å². The summed E-state index contributed by atoms with van der Waals surface area (Å²) in [6, 6.07) is 15.1. The maximum atomic E-state index is 12.4. The van der Waals surface area contributed by atoms with E-state index in [-0.39, 0.29) is 5.75 Å². The molecule has 0 N–H and O–H groups in total. The van der Waals surface area contributed by atoms with Gasteiger partial charge < -0.3 is 3.87 Å². The van der Waals surface area contributed by atoms with E-state index in [4.69, 9.17) is 3.87 Å². The summed E-state index contributed by atoms with van der Waals surface area (Å²) in [6.45, 7) is 5.55. The Morgan fingerprint density at radius 1 is 1.19 bits per heavy atom. The Hall–Kier alpha value is -1.95. The standard InChI is InChI=1S/C21H23O3SSi/c1-3-17-25(22,23)24-26(4-2)21(15-8-5-9-16-21)20-14-10-12-18-11-6-7-13-19(18)20/h3,5-15H,1,4,16-17H2,2H3. The molecule has 0 amide bonds. The predicted octanol–water partition coefficient (Wildman–Crippen LogP) is 4.68. The van der Waals surface area contributed by atoms with E-state index in [0.717, 1.165) is 22.8 Å². The second kappa shape index (κ2) is 7.74. The number of allylic oxidation sites excluding steroid dienone is 4. The van der Waals surface area contributed by atoms with Crippen LogP contribution in [0.4, 0.5) is 0 Å². The van der Waals surface area contributed by atoms with Crippen molar-refractivity contribution < 1.29 is 12.3 Å². The van der Waals surface area contributed by atoms with Crippen LogP contribution in [0.25, 0.3) is 10.8 Å². The van der Waals surface area contributed by atoms with Crippen molar-refractivity contribution in [2.24, 2.45) is 0 Å². The molecule has 26 heavy (non-hydrogen) atoms. The minimum Gasteiger partial charge on any atom is -0.314 e. The maximum Gasteiger partial charge on any atom is 0.261 e. The van der Waals surface area contributed by atoms with Crippen LogP contribution in [0.5, 0.6) is 0 Å². The van der Waals surface area contributed by atoms with Crippen molar-refractivity contribution in [3.8, 4) is 0 Å². The normalized spacial score (nSPS) is 19.9. The number of benzene rings is 2. The Bertz CT molecular complexity index is 957. The molecule has 3 nitrogen and oxygen atoms in total. The highest BCUT2D eigenvalue weighted by atomic mass is 32.2. The molecule has 0 aliphatic heterocycles. The van der Waals surface area contributed by atoms with E-state index in [2.05, 4.69) is 43.0 Å². The Morgan fingerprint density at radius 3 is 2.65 bits per heavy atom. The zero-order valence-corrected chi connectivity index (χ0v) is 16.7. The number of rotatable bonds is 7. The van der Waals surface area contributed by atoms with Crippen LogP contribution in [0.3, 0.4) is 0 Å². The molecular weight excluding hydrogens is 360 g/mol. The third kappa shape index (κ3) is 3.61. The van der Waals surface area contributed by atoms with Gasteiger partial charge in [0.25, 0.3) is 19.2 Å². The summed E-state index contributed by atoms with van der Waals surface area (Å²) in [7, 11) is -5.36. The molecule has 1 aliphatic rings. The van der Waals surface area contributed by atoms with Crippen LogP contribution in [0.1, 0.15) is 18.9 Å². The quantitative estimate of drug-likeness (QED) is 0.515. The lowest BCUT2D eigenvalue weighted by Gasteiger charge is -2.37. The van der Waals surface area contributed by atoms with Crippen LogP contribution in [-0.2, 0) is 19.0 Å². The van der Waals surface area contributed by atoms with Crippen LogP contribution in [-0.4, -0.2) is 23.2 Å². The van der Waals surface area contributed by atoms with E-state index >= 15 is 0 Å². The molecule has 0 aromatic heterocycles. The van der Waals surface area contributed by atoms with E-state index in [9.17, 15) is 8.42 Å². The summed E-state index contributed by atoms with van der Waals surface area (Å²) in [5, 5.41) is 1.87. The molecular formula is C21H23O3SSi. The molecule has 0 spiro atoms. The predicted molar refractivity (Wildman–Crippen MR) is 110 cm³/mol. The fraction of sp³-hybridized carbons (Fsp3) is 0.238. The third-order valence-corrected chi connectivity index (χ3v) is 9.45. The van der Waals surface area contributed by atoms with E-state index < -0.39 is 24.2 Å². The lowest BCUT2D eigenvalue weighted by Crippen LogP contribution is -2.45. The average molecular weight is 384 g/mol. The smallest absolute Gasteiger partial charge is 0.261 e. The topological polar surface area (TPSA) is 43.4 Å². The van der Waals surface area contributed by atoms with Crippen molar-refractivity contribution in [3.63, 3.8) is 0 Å². The van der Waals surface area contributed by atoms with Crippen molar-refractivity contribution in [2.75, 3.05) is 5.75 Å². The van der Waals surface area contributed by atoms with Gasteiger partial charge in [0.1, 0.15) is 0 Å². The van der Waals surface area contributed by atoms with Crippen molar-refractivity contribution in [2.45, 2.75) is 24.4 Å². The van der Waals surface area contributed by atoms with E-state index in [1.54, 1.807) is 0 Å². The first-order chi connectivity index (χ1) is 12.5. The maximum absolute atomic E-state index is 12.4. The van der Waals surface area contributed by atoms with Gasteiger partial charge in [0.2, 0.25) is 0 Å². The van der Waals surface area contributed by atoms with Gasteiger partial charge in [0.15, 0.2) is 0 Å². The molecule has 1 aliphatic carbocycles. The van der Waals surface area contributed by atoms with Crippen LogP contribution in [0.15, 0.2) is 79.4 Å². The van der Waals surface area contributed by atoms with Crippen molar-refractivity contribution in [1.29, 1.82) is 0 Å². The molecule has 0 saturated carbocycles. The number of hydrogen-bond donors (Lipinski definition) is 0. The van der Waals surface area contributed by atoms with Crippen molar-refractivity contribution >= 4 is 29.9 Å². The van der Waals surface area contributed by atoms with Gasteiger partial charge in [0.05, 0.1) is 5.75 Å². The molecule has 1 atom stereocenters. The highest BCUT2D eigenvalue weighted by molar-refractivity contribution is 7.87. The molecule has 5 heteroatoms. The second-order valence-electron chi connectivity index (χ2n) is 6.36. The zero-order chi connectivity index (χ0) is 18.6. The van der Waals surface area contributed by atoms with E-state index in [0.29, 0.717) is 6.04 Å². The fourth-order valence-corrected chi connectivity index (χ4v) is 8.20. The first kappa shape index (κ1) is 18.8. The number of fused-ring (bicyclic) bond motifs is 1. The third-order valence-electron chi connectivity index (χ3n) is 4.71. The molecule has 0 bridgehead atoms. The lowest BCUT2D eigenvalue weighted by molar-refractivity contribution is 0.472.